The number of fused-ring (bicyclic) bond motifs is 3. The molecular formula is C30H38F2N6O2S. The van der Waals surface area contributed by atoms with E-state index in [-0.39, 0.29) is 51.0 Å². The van der Waals surface area contributed by atoms with Crippen LogP contribution in [0, 0.1) is 23.1 Å². The zero-order valence-corrected chi connectivity index (χ0v) is 25.0. The second-order valence-electron chi connectivity index (χ2n) is 10.2. The van der Waals surface area contributed by atoms with Gasteiger partial charge >= 0.3 is 0 Å². The summed E-state index contributed by atoms with van der Waals surface area (Å²) in [5.74, 6) is -0.615. The molecule has 220 valence electrons. The third-order valence-corrected chi connectivity index (χ3v) is 8.54. The van der Waals surface area contributed by atoms with Crippen LogP contribution < -0.4 is 11.1 Å². The number of aliphatic imine (C=N–C) groups is 1. The average molecular weight is 585 g/mol. The molecule has 3 unspecified atom stereocenters. The van der Waals surface area contributed by atoms with Crippen LogP contribution in [0.1, 0.15) is 65.1 Å². The number of aromatic nitrogens is 1. The van der Waals surface area contributed by atoms with E-state index >= 15 is 4.39 Å². The van der Waals surface area contributed by atoms with Gasteiger partial charge in [-0.3, -0.25) is 4.98 Å². The van der Waals surface area contributed by atoms with Crippen molar-refractivity contribution in [3.05, 3.63) is 52.0 Å². The summed E-state index contributed by atoms with van der Waals surface area (Å²) in [7, 11) is 0. The highest BCUT2D eigenvalue weighted by atomic mass is 32.1. The number of β-amino-alcohol motifs (C(OH)–C–C–N with tert-alkyl or cyclic N) is 1. The van der Waals surface area contributed by atoms with E-state index in [0.717, 1.165) is 23.1 Å². The van der Waals surface area contributed by atoms with Gasteiger partial charge in [0.1, 0.15) is 22.9 Å². The molecule has 4 aliphatic rings. The van der Waals surface area contributed by atoms with Crippen LogP contribution in [0.4, 0.5) is 13.8 Å². The quantitative estimate of drug-likeness (QED) is 0.426. The van der Waals surface area contributed by atoms with Gasteiger partial charge in [-0.1, -0.05) is 53.9 Å². The summed E-state index contributed by atoms with van der Waals surface area (Å²) < 4.78 is 36.7. The molecule has 11 heteroatoms. The van der Waals surface area contributed by atoms with Crippen molar-refractivity contribution in [3.8, 4) is 6.07 Å². The highest BCUT2D eigenvalue weighted by Crippen LogP contribution is 2.48. The molecule has 0 bridgehead atoms. The number of nitrogens with one attached hydrogen (secondary N) is 1. The number of guanidine groups is 1. The predicted molar refractivity (Wildman–Crippen MR) is 160 cm³/mol. The molecule has 0 spiro atoms. The Morgan fingerprint density at radius 1 is 1.22 bits per heavy atom. The van der Waals surface area contributed by atoms with Gasteiger partial charge in [0.05, 0.1) is 41.5 Å². The molecule has 0 saturated carbocycles. The van der Waals surface area contributed by atoms with Gasteiger partial charge in [-0.2, -0.15) is 5.26 Å². The molecule has 8 nitrogen and oxygen atoms in total. The number of halogens is 2. The lowest BCUT2D eigenvalue weighted by Gasteiger charge is -2.31. The molecule has 4 N–H and O–H groups in total. The fourth-order valence-corrected chi connectivity index (χ4v) is 6.30. The normalized spacial score (nSPS) is 23.0. The maximum absolute atomic E-state index is 16.3. The Hall–Kier alpha value is -3.33. The van der Waals surface area contributed by atoms with Crippen molar-refractivity contribution < 1.29 is 18.6 Å². The second-order valence-corrected chi connectivity index (χ2v) is 11.2. The number of aliphatic hydroxyl groups excluding tert-OH is 1. The first-order chi connectivity index (χ1) is 19.8. The summed E-state index contributed by atoms with van der Waals surface area (Å²) in [6.45, 7) is 11.8. The molecule has 1 saturated heterocycles. The van der Waals surface area contributed by atoms with E-state index in [1.54, 1.807) is 6.20 Å². The van der Waals surface area contributed by atoms with Gasteiger partial charge in [-0.25, -0.2) is 13.8 Å². The van der Waals surface area contributed by atoms with E-state index in [4.69, 9.17) is 10.5 Å². The van der Waals surface area contributed by atoms with E-state index < -0.39 is 23.8 Å². The summed E-state index contributed by atoms with van der Waals surface area (Å²) in [6, 6.07) is 1.07. The first kappa shape index (κ1) is 30.6. The topological polar surface area (TPSA) is 120 Å². The zero-order valence-electron chi connectivity index (χ0n) is 24.2. The van der Waals surface area contributed by atoms with Crippen molar-refractivity contribution in [1.82, 2.24) is 15.2 Å². The summed E-state index contributed by atoms with van der Waals surface area (Å²) in [5, 5.41) is 23.3. The number of nitriles is 1. The zero-order chi connectivity index (χ0) is 29.8. The lowest BCUT2D eigenvalue weighted by Crippen LogP contribution is -2.42. The number of anilines is 1. The van der Waals surface area contributed by atoms with E-state index in [9.17, 15) is 14.8 Å². The Kier molecular flexibility index (Phi) is 9.79. The van der Waals surface area contributed by atoms with Crippen LogP contribution in [0.5, 0.6) is 0 Å². The Morgan fingerprint density at radius 2 is 1.93 bits per heavy atom. The van der Waals surface area contributed by atoms with Gasteiger partial charge in [0.2, 0.25) is 0 Å². The minimum absolute atomic E-state index is 0.0693. The number of pyridine rings is 1. The number of hydrogen-bond donors (Lipinski definition) is 3. The summed E-state index contributed by atoms with van der Waals surface area (Å²) in [6.07, 6.45) is 6.35. The first-order valence-corrected chi connectivity index (χ1v) is 15.1. The van der Waals surface area contributed by atoms with E-state index in [0.29, 0.717) is 30.2 Å². The van der Waals surface area contributed by atoms with Gasteiger partial charge in [-0.05, 0) is 11.1 Å². The Labute approximate surface area is 243 Å². The van der Waals surface area contributed by atoms with E-state index in [2.05, 4.69) is 29.1 Å². The number of nitrogen functional groups attached to an aromatic ring is 1. The third kappa shape index (κ3) is 5.61. The highest BCUT2D eigenvalue weighted by molar-refractivity contribution is 7.23. The average Bonchev–Trinajstić information content (AvgIpc) is 3.69. The smallest absolute Gasteiger partial charge is 0.199 e. The number of likely N-dealkylation sites (tertiary alicyclic amines) is 1. The number of ether oxygens (including phenoxy) is 1. The largest absolute Gasteiger partial charge is 0.391 e. The van der Waals surface area contributed by atoms with Crippen LogP contribution in [0.3, 0.4) is 0 Å². The molecule has 6 rings (SSSR count). The number of unbranched alkanes of at least 4 members (excludes halogenated alkanes) is 2. The molecule has 3 aliphatic heterocycles. The molecule has 3 atom stereocenters. The molecule has 41 heavy (non-hydrogen) atoms. The highest BCUT2D eigenvalue weighted by Gasteiger charge is 2.41. The van der Waals surface area contributed by atoms with E-state index in [1.165, 1.54) is 19.3 Å². The van der Waals surface area contributed by atoms with Crippen molar-refractivity contribution in [2.24, 2.45) is 10.9 Å². The summed E-state index contributed by atoms with van der Waals surface area (Å²) >= 11 is 0.944. The van der Waals surface area contributed by atoms with Crippen molar-refractivity contribution in [3.63, 3.8) is 0 Å². The van der Waals surface area contributed by atoms with Crippen molar-refractivity contribution >= 4 is 38.0 Å². The monoisotopic (exact) mass is 584 g/mol. The van der Waals surface area contributed by atoms with Crippen molar-refractivity contribution in [2.75, 3.05) is 32.0 Å². The van der Waals surface area contributed by atoms with E-state index in [1.807, 2.05) is 31.7 Å². The Balaban J connectivity index is 0.000000502. The number of nitrogens with zero attached hydrogens (tertiary/aromatic N) is 4. The van der Waals surface area contributed by atoms with Crippen molar-refractivity contribution in [1.29, 1.82) is 5.26 Å². The minimum atomic E-state index is -0.942. The number of hydrogen-bond acceptors (Lipinski definition) is 9. The lowest BCUT2D eigenvalue weighted by atomic mass is 9.82. The Morgan fingerprint density at radius 3 is 2.54 bits per heavy atom. The molecule has 5 heterocycles. The number of aliphatic hydroxyl groups is 1. The molecular weight excluding hydrogens is 546 g/mol. The molecule has 1 fully saturated rings. The lowest BCUT2D eigenvalue weighted by molar-refractivity contribution is 0.153. The second kappa shape index (κ2) is 13.1. The van der Waals surface area contributed by atoms with Gasteiger partial charge in [0, 0.05) is 41.7 Å². The van der Waals surface area contributed by atoms with Gasteiger partial charge in [-0.15, -0.1) is 11.3 Å². The van der Waals surface area contributed by atoms with Gasteiger partial charge < -0.3 is 25.8 Å². The van der Waals surface area contributed by atoms with Gasteiger partial charge in [0.15, 0.2) is 11.8 Å². The minimum Gasteiger partial charge on any atom is -0.391 e. The van der Waals surface area contributed by atoms with Crippen LogP contribution in [0.15, 0.2) is 39.9 Å². The summed E-state index contributed by atoms with van der Waals surface area (Å²) in [5.41, 5.74) is 8.47. The molecule has 2 aromatic rings. The third-order valence-electron chi connectivity index (χ3n) is 7.51. The SMILES string of the molecule is CC.CC1CN(C2=NC3C(=CN2)C2=C(COC2)C(c2ncc(F)c4sc(N)c(C#N)c24)=C3F)CC1O.CCCCC. The molecule has 1 aliphatic carbocycles. The maximum Gasteiger partial charge on any atom is 0.199 e. The van der Waals surface area contributed by atoms with Crippen LogP contribution in [-0.2, 0) is 4.74 Å². The standard InChI is InChI=1S/C23H20F2N6O2S.C5H12.C2H6/c1-9-5-31(6-15(9)32)23-29-3-11-12-7-33-8-13(12)16(18(25)19(11)30-23)20-17-10(2-26)22(27)34-21(17)14(24)4-28-20;1-3-5-4-2;1-2/h3-4,9,15,19,32H,5-8,27H2,1H3,(H,29,30);3-5H2,1-2H3;1-2H3. The van der Waals surface area contributed by atoms with Gasteiger partial charge in [0.25, 0.3) is 0 Å². The van der Waals surface area contributed by atoms with Crippen LogP contribution in [-0.4, -0.2) is 59.4 Å². The van der Waals surface area contributed by atoms with Crippen LogP contribution in [0.25, 0.3) is 15.7 Å². The fraction of sp³-hybridized carbons (Fsp3) is 0.500. The van der Waals surface area contributed by atoms with Crippen LogP contribution >= 0.6 is 11.3 Å². The predicted octanol–water partition coefficient (Wildman–Crippen LogP) is 5.66. The fourth-order valence-electron chi connectivity index (χ4n) is 5.38. The van der Waals surface area contributed by atoms with Crippen molar-refractivity contribution in [2.45, 2.75) is 66.0 Å². The number of nitrogens with two attached hydrogens (primary N) is 1. The van der Waals surface area contributed by atoms with Crippen LogP contribution in [0.2, 0.25) is 0 Å². The molecule has 0 amide bonds. The summed E-state index contributed by atoms with van der Waals surface area (Å²) in [4.78, 5) is 10.8. The number of rotatable bonds is 3. The maximum atomic E-state index is 16.3. The molecule has 0 aromatic carbocycles. The molecule has 2 aromatic heterocycles. The first-order valence-electron chi connectivity index (χ1n) is 14.2. The number of thiophene rings is 1. The molecule has 0 radical (unpaired) electrons. The Bertz CT molecular complexity index is 1460.